The normalized spacial score (nSPS) is 27.4. The van der Waals surface area contributed by atoms with Crippen molar-refractivity contribution >= 4 is 11.9 Å². The standard InChI is InChI=1S/C9H14O3/c1-4-5-6-7(10)12-8(11)9(6,2)3/h6H,4-5H2,1-3H3. The Balaban J connectivity index is 2.83. The molecule has 3 nitrogen and oxygen atoms in total. The van der Waals surface area contributed by atoms with E-state index in [1.165, 1.54) is 0 Å². The second kappa shape index (κ2) is 2.88. The lowest BCUT2D eigenvalue weighted by atomic mass is 9.79. The van der Waals surface area contributed by atoms with Gasteiger partial charge in [-0.1, -0.05) is 13.3 Å². The lowest BCUT2D eigenvalue weighted by Gasteiger charge is -2.18. The molecule has 1 aliphatic heterocycles. The Morgan fingerprint density at radius 2 is 2.00 bits per heavy atom. The van der Waals surface area contributed by atoms with Crippen LogP contribution >= 0.6 is 0 Å². The van der Waals surface area contributed by atoms with Crippen molar-refractivity contribution in [3.8, 4) is 0 Å². The minimum atomic E-state index is -0.618. The van der Waals surface area contributed by atoms with E-state index >= 15 is 0 Å². The first-order valence-corrected chi connectivity index (χ1v) is 4.26. The van der Waals surface area contributed by atoms with Crippen LogP contribution in [0.4, 0.5) is 0 Å². The molecule has 0 aromatic heterocycles. The molecule has 0 aromatic carbocycles. The van der Waals surface area contributed by atoms with E-state index in [9.17, 15) is 9.59 Å². The Morgan fingerprint density at radius 3 is 2.33 bits per heavy atom. The highest BCUT2D eigenvalue weighted by Crippen LogP contribution is 2.38. The van der Waals surface area contributed by atoms with E-state index in [0.717, 1.165) is 12.8 Å². The number of rotatable bonds is 2. The largest absolute Gasteiger partial charge is 0.392 e. The first kappa shape index (κ1) is 9.23. The van der Waals surface area contributed by atoms with Crippen LogP contribution in [0, 0.1) is 11.3 Å². The molecule has 1 unspecified atom stereocenters. The monoisotopic (exact) mass is 170 g/mol. The van der Waals surface area contributed by atoms with Crippen molar-refractivity contribution in [1.29, 1.82) is 0 Å². The van der Waals surface area contributed by atoms with Crippen molar-refractivity contribution in [3.05, 3.63) is 0 Å². The fourth-order valence-corrected chi connectivity index (χ4v) is 1.50. The van der Waals surface area contributed by atoms with E-state index in [1.54, 1.807) is 13.8 Å². The van der Waals surface area contributed by atoms with Gasteiger partial charge in [-0.15, -0.1) is 0 Å². The summed E-state index contributed by atoms with van der Waals surface area (Å²) in [6.45, 7) is 5.52. The third-order valence-corrected chi connectivity index (χ3v) is 2.45. The maximum atomic E-state index is 11.1. The second-order valence-corrected chi connectivity index (χ2v) is 3.77. The van der Waals surface area contributed by atoms with E-state index in [1.807, 2.05) is 6.92 Å². The van der Waals surface area contributed by atoms with Crippen LogP contribution < -0.4 is 0 Å². The van der Waals surface area contributed by atoms with Crippen molar-refractivity contribution < 1.29 is 14.3 Å². The van der Waals surface area contributed by atoms with Gasteiger partial charge in [0.25, 0.3) is 0 Å². The summed E-state index contributed by atoms with van der Waals surface area (Å²) >= 11 is 0. The predicted octanol–water partition coefficient (Wildman–Crippen LogP) is 1.51. The number of carbonyl (C=O) groups excluding carboxylic acids is 2. The van der Waals surface area contributed by atoms with Crippen molar-refractivity contribution in [2.75, 3.05) is 0 Å². The van der Waals surface area contributed by atoms with Crippen LogP contribution in [0.15, 0.2) is 0 Å². The van der Waals surface area contributed by atoms with Crippen molar-refractivity contribution in [1.82, 2.24) is 0 Å². The predicted molar refractivity (Wildman–Crippen MR) is 43.3 cm³/mol. The Hall–Kier alpha value is -0.860. The molecular formula is C9H14O3. The number of ether oxygens (including phenoxy) is 1. The average Bonchev–Trinajstić information content (AvgIpc) is 2.14. The Morgan fingerprint density at radius 1 is 1.42 bits per heavy atom. The van der Waals surface area contributed by atoms with Gasteiger partial charge in [-0.25, -0.2) is 0 Å². The molecule has 1 saturated heterocycles. The first-order valence-electron chi connectivity index (χ1n) is 4.26. The zero-order chi connectivity index (χ0) is 9.35. The summed E-state index contributed by atoms with van der Waals surface area (Å²) < 4.78 is 4.56. The lowest BCUT2D eigenvalue weighted by Crippen LogP contribution is -2.26. The van der Waals surface area contributed by atoms with Gasteiger partial charge in [-0.3, -0.25) is 9.59 Å². The minimum absolute atomic E-state index is 0.241. The molecule has 1 rings (SSSR count). The topological polar surface area (TPSA) is 43.4 Å². The first-order chi connectivity index (χ1) is 5.50. The van der Waals surface area contributed by atoms with Gasteiger partial charge < -0.3 is 4.74 Å². The van der Waals surface area contributed by atoms with E-state index in [0.29, 0.717) is 0 Å². The van der Waals surface area contributed by atoms with E-state index in [4.69, 9.17) is 0 Å². The summed E-state index contributed by atoms with van der Waals surface area (Å²) in [6.07, 6.45) is 1.63. The van der Waals surface area contributed by atoms with Gasteiger partial charge in [0.2, 0.25) is 0 Å². The van der Waals surface area contributed by atoms with Crippen molar-refractivity contribution in [2.24, 2.45) is 11.3 Å². The number of esters is 2. The summed E-state index contributed by atoms with van der Waals surface area (Å²) in [7, 11) is 0. The number of hydrogen-bond donors (Lipinski definition) is 0. The van der Waals surface area contributed by atoms with Crippen molar-refractivity contribution in [3.63, 3.8) is 0 Å². The molecule has 0 bridgehead atoms. The van der Waals surface area contributed by atoms with Gasteiger partial charge in [0.1, 0.15) is 0 Å². The van der Waals surface area contributed by atoms with Gasteiger partial charge in [-0.05, 0) is 20.3 Å². The van der Waals surface area contributed by atoms with Crippen LogP contribution in [0.1, 0.15) is 33.6 Å². The minimum Gasteiger partial charge on any atom is -0.392 e. The van der Waals surface area contributed by atoms with Gasteiger partial charge in [-0.2, -0.15) is 0 Å². The fraction of sp³-hybridized carbons (Fsp3) is 0.778. The van der Waals surface area contributed by atoms with Crippen LogP contribution in [0.3, 0.4) is 0 Å². The molecule has 3 heteroatoms. The smallest absolute Gasteiger partial charge is 0.320 e. The molecule has 0 N–H and O–H groups in total. The number of hydrogen-bond acceptors (Lipinski definition) is 3. The molecule has 1 atom stereocenters. The van der Waals surface area contributed by atoms with Crippen molar-refractivity contribution in [2.45, 2.75) is 33.6 Å². The Labute approximate surface area is 72.1 Å². The van der Waals surface area contributed by atoms with Gasteiger partial charge in [0, 0.05) is 0 Å². The van der Waals surface area contributed by atoms with Crippen LogP contribution in [0.5, 0.6) is 0 Å². The summed E-state index contributed by atoms with van der Waals surface area (Å²) in [5, 5.41) is 0. The molecule has 0 spiro atoms. The highest BCUT2D eigenvalue weighted by Gasteiger charge is 2.50. The van der Waals surface area contributed by atoms with E-state index in [-0.39, 0.29) is 17.9 Å². The fourth-order valence-electron chi connectivity index (χ4n) is 1.50. The number of cyclic esters (lactones) is 2. The van der Waals surface area contributed by atoms with Crippen LogP contribution in [-0.4, -0.2) is 11.9 Å². The molecule has 0 radical (unpaired) electrons. The second-order valence-electron chi connectivity index (χ2n) is 3.77. The van der Waals surface area contributed by atoms with Gasteiger partial charge in [0.05, 0.1) is 11.3 Å². The molecule has 68 valence electrons. The third kappa shape index (κ3) is 1.24. The summed E-state index contributed by atoms with van der Waals surface area (Å²) in [6, 6.07) is 0. The molecule has 0 amide bonds. The molecule has 0 aromatic rings. The zero-order valence-corrected chi connectivity index (χ0v) is 7.72. The molecule has 1 fully saturated rings. The van der Waals surface area contributed by atoms with Crippen LogP contribution in [-0.2, 0) is 14.3 Å². The molecule has 1 aliphatic rings. The van der Waals surface area contributed by atoms with Crippen LogP contribution in [0.2, 0.25) is 0 Å². The molecule has 0 aliphatic carbocycles. The maximum absolute atomic E-state index is 11.1. The maximum Gasteiger partial charge on any atom is 0.320 e. The summed E-state index contributed by atoms with van der Waals surface area (Å²) in [5.41, 5.74) is -0.618. The van der Waals surface area contributed by atoms with Gasteiger partial charge in [0.15, 0.2) is 0 Å². The van der Waals surface area contributed by atoms with Crippen LogP contribution in [0.25, 0.3) is 0 Å². The highest BCUT2D eigenvalue weighted by atomic mass is 16.6. The van der Waals surface area contributed by atoms with Gasteiger partial charge >= 0.3 is 11.9 Å². The zero-order valence-electron chi connectivity index (χ0n) is 7.72. The highest BCUT2D eigenvalue weighted by molar-refractivity contribution is 5.98. The molecule has 12 heavy (non-hydrogen) atoms. The summed E-state index contributed by atoms with van der Waals surface area (Å²) in [4.78, 5) is 22.3. The molecular weight excluding hydrogens is 156 g/mol. The Bertz CT molecular complexity index is 218. The molecule has 1 heterocycles. The average molecular weight is 170 g/mol. The SMILES string of the molecule is CCCC1C(=O)OC(=O)C1(C)C. The van der Waals surface area contributed by atoms with E-state index < -0.39 is 5.41 Å². The Kier molecular flexibility index (Phi) is 2.22. The lowest BCUT2D eigenvalue weighted by molar-refractivity contribution is -0.154. The van der Waals surface area contributed by atoms with E-state index in [2.05, 4.69) is 4.74 Å². The quantitative estimate of drug-likeness (QED) is 0.466. The molecule has 0 saturated carbocycles. The third-order valence-electron chi connectivity index (χ3n) is 2.45. The summed E-state index contributed by atoms with van der Waals surface area (Å²) in [5.74, 6) is -0.979. The number of carbonyl (C=O) groups is 2.